The zero-order valence-corrected chi connectivity index (χ0v) is 21.8. The fraction of sp³-hybridized carbons (Fsp3) is 0.281. The first-order chi connectivity index (χ1) is 17.1. The molecule has 0 bridgehead atoms. The molecule has 1 aliphatic carbocycles. The molecule has 0 fully saturated rings. The lowest BCUT2D eigenvalue weighted by molar-refractivity contribution is 0.866. The molecule has 180 valence electrons. The smallest absolute Gasteiger partial charge is 0.0652 e. The van der Waals surface area contributed by atoms with Crippen molar-refractivity contribution in [1.82, 2.24) is 0 Å². The van der Waals surface area contributed by atoms with Crippen molar-refractivity contribution >= 4 is 28.2 Å². The number of allylic oxidation sites excluding steroid dienone is 3. The zero-order chi connectivity index (χ0) is 24.8. The van der Waals surface area contributed by atoms with Gasteiger partial charge in [0.25, 0.3) is 0 Å². The van der Waals surface area contributed by atoms with Crippen LogP contribution in [0.1, 0.15) is 49.9 Å². The summed E-state index contributed by atoms with van der Waals surface area (Å²) in [6.07, 6.45) is 4.42. The van der Waals surface area contributed by atoms with Crippen molar-refractivity contribution in [2.75, 3.05) is 43.0 Å². The van der Waals surface area contributed by atoms with Crippen LogP contribution in [0.15, 0.2) is 89.9 Å². The van der Waals surface area contributed by atoms with Crippen LogP contribution in [0.5, 0.6) is 0 Å². The summed E-state index contributed by atoms with van der Waals surface area (Å²) in [6, 6.07) is 26.7. The average molecular weight is 464 g/mol. The molecule has 1 aliphatic rings. The third kappa shape index (κ3) is 5.09. The first-order valence-corrected chi connectivity index (χ1v) is 12.8. The van der Waals surface area contributed by atoms with Crippen LogP contribution in [0.2, 0.25) is 0 Å². The number of fused-ring (bicyclic) bond motifs is 1. The Morgan fingerprint density at radius 1 is 0.657 bits per heavy atom. The van der Waals surface area contributed by atoms with E-state index in [1.54, 1.807) is 0 Å². The van der Waals surface area contributed by atoms with Crippen molar-refractivity contribution in [3.8, 4) is 0 Å². The van der Waals surface area contributed by atoms with Crippen LogP contribution in [0, 0.1) is 0 Å². The Labute approximate surface area is 211 Å². The first-order valence-electron chi connectivity index (χ1n) is 12.8. The van der Waals surface area contributed by atoms with Crippen molar-refractivity contribution in [2.24, 2.45) is 4.99 Å². The van der Waals surface area contributed by atoms with Crippen molar-refractivity contribution in [2.45, 2.75) is 27.7 Å². The number of rotatable bonds is 8. The molecule has 35 heavy (non-hydrogen) atoms. The molecule has 0 N–H and O–H groups in total. The SMILES string of the molecule is CCN=C1C=CC(=C(c2ccc(N(C)CC)cc2)c2ccc(N(CC)CC)cc2)c2ccccc21. The summed E-state index contributed by atoms with van der Waals surface area (Å²) in [5.74, 6) is 0. The Balaban J connectivity index is 1.91. The Morgan fingerprint density at radius 3 is 1.77 bits per heavy atom. The van der Waals surface area contributed by atoms with E-state index in [2.05, 4.69) is 129 Å². The number of aliphatic imine (C=N–C) groups is 1. The zero-order valence-electron chi connectivity index (χ0n) is 21.8. The molecule has 0 unspecified atom stereocenters. The van der Waals surface area contributed by atoms with Crippen molar-refractivity contribution in [1.29, 1.82) is 0 Å². The van der Waals surface area contributed by atoms with Crippen LogP contribution in [-0.2, 0) is 0 Å². The van der Waals surface area contributed by atoms with E-state index >= 15 is 0 Å². The molecule has 0 heterocycles. The van der Waals surface area contributed by atoms with E-state index in [0.717, 1.165) is 31.9 Å². The Kier molecular flexibility index (Phi) is 7.87. The van der Waals surface area contributed by atoms with Gasteiger partial charge in [-0.25, -0.2) is 0 Å². The van der Waals surface area contributed by atoms with Crippen LogP contribution >= 0.6 is 0 Å². The summed E-state index contributed by atoms with van der Waals surface area (Å²) in [7, 11) is 2.13. The predicted octanol–water partition coefficient (Wildman–Crippen LogP) is 7.33. The van der Waals surface area contributed by atoms with E-state index in [4.69, 9.17) is 4.99 Å². The van der Waals surface area contributed by atoms with Crippen LogP contribution < -0.4 is 9.80 Å². The van der Waals surface area contributed by atoms with Crippen LogP contribution in [0.25, 0.3) is 11.1 Å². The highest BCUT2D eigenvalue weighted by molar-refractivity contribution is 6.19. The van der Waals surface area contributed by atoms with Gasteiger partial charge in [0.2, 0.25) is 0 Å². The maximum Gasteiger partial charge on any atom is 0.0652 e. The normalized spacial score (nSPS) is 15.2. The molecule has 3 aromatic carbocycles. The molecule has 0 saturated carbocycles. The van der Waals surface area contributed by atoms with Gasteiger partial charge in [0.15, 0.2) is 0 Å². The number of hydrogen-bond donors (Lipinski definition) is 0. The van der Waals surface area contributed by atoms with Gasteiger partial charge >= 0.3 is 0 Å². The highest BCUT2D eigenvalue weighted by atomic mass is 15.1. The second kappa shape index (κ2) is 11.2. The molecule has 0 spiro atoms. The summed E-state index contributed by atoms with van der Waals surface area (Å²) >= 11 is 0. The quantitative estimate of drug-likeness (QED) is 0.348. The second-order valence-corrected chi connectivity index (χ2v) is 8.81. The Bertz CT molecular complexity index is 1230. The molecular weight excluding hydrogens is 426 g/mol. The summed E-state index contributed by atoms with van der Waals surface area (Å²) < 4.78 is 0. The third-order valence-electron chi connectivity index (χ3n) is 6.85. The highest BCUT2D eigenvalue weighted by Crippen LogP contribution is 2.38. The lowest BCUT2D eigenvalue weighted by Crippen LogP contribution is -2.21. The molecule has 0 aliphatic heterocycles. The number of hydrogen-bond acceptors (Lipinski definition) is 3. The molecule has 3 aromatic rings. The van der Waals surface area contributed by atoms with E-state index in [-0.39, 0.29) is 0 Å². The Hall–Kier alpha value is -3.59. The Morgan fingerprint density at radius 2 is 1.23 bits per heavy atom. The monoisotopic (exact) mass is 463 g/mol. The van der Waals surface area contributed by atoms with Gasteiger partial charge < -0.3 is 9.80 Å². The first kappa shape index (κ1) is 24.5. The molecule has 4 rings (SSSR count). The van der Waals surface area contributed by atoms with Crippen LogP contribution in [0.3, 0.4) is 0 Å². The summed E-state index contributed by atoms with van der Waals surface area (Å²) in [5.41, 5.74) is 10.9. The van der Waals surface area contributed by atoms with Gasteiger partial charge in [0.1, 0.15) is 0 Å². The van der Waals surface area contributed by atoms with Crippen molar-refractivity contribution in [3.05, 3.63) is 107 Å². The molecule has 0 atom stereocenters. The van der Waals surface area contributed by atoms with Gasteiger partial charge in [0.05, 0.1) is 5.71 Å². The lowest BCUT2D eigenvalue weighted by Gasteiger charge is -2.23. The van der Waals surface area contributed by atoms with Gasteiger partial charge in [-0.1, -0.05) is 54.6 Å². The minimum Gasteiger partial charge on any atom is -0.375 e. The topological polar surface area (TPSA) is 18.8 Å². The molecular formula is C32H37N3. The number of anilines is 2. The average Bonchev–Trinajstić information content (AvgIpc) is 2.91. The van der Waals surface area contributed by atoms with Crippen LogP contribution in [0.4, 0.5) is 11.4 Å². The minimum atomic E-state index is 0.777. The maximum atomic E-state index is 4.75. The molecule has 3 nitrogen and oxygen atoms in total. The summed E-state index contributed by atoms with van der Waals surface area (Å²) in [4.78, 5) is 9.40. The third-order valence-corrected chi connectivity index (χ3v) is 6.85. The molecule has 0 radical (unpaired) electrons. The van der Waals surface area contributed by atoms with Gasteiger partial charge in [0, 0.05) is 50.2 Å². The number of benzene rings is 3. The fourth-order valence-corrected chi connectivity index (χ4v) is 4.78. The van der Waals surface area contributed by atoms with Crippen molar-refractivity contribution in [3.63, 3.8) is 0 Å². The highest BCUT2D eigenvalue weighted by Gasteiger charge is 2.20. The van der Waals surface area contributed by atoms with E-state index in [1.807, 2.05) is 0 Å². The van der Waals surface area contributed by atoms with Gasteiger partial charge in [-0.3, -0.25) is 4.99 Å². The number of nitrogens with zero attached hydrogens (tertiary/aromatic N) is 3. The van der Waals surface area contributed by atoms with E-state index in [0.29, 0.717) is 0 Å². The van der Waals surface area contributed by atoms with E-state index < -0.39 is 0 Å². The summed E-state index contributed by atoms with van der Waals surface area (Å²) in [5, 5.41) is 0. The lowest BCUT2D eigenvalue weighted by atomic mass is 9.83. The van der Waals surface area contributed by atoms with Gasteiger partial charge in [-0.2, -0.15) is 0 Å². The van der Waals surface area contributed by atoms with Gasteiger partial charge in [-0.15, -0.1) is 0 Å². The second-order valence-electron chi connectivity index (χ2n) is 8.81. The molecule has 0 amide bonds. The molecule has 3 heteroatoms. The molecule has 0 saturated heterocycles. The van der Waals surface area contributed by atoms with Gasteiger partial charge in [-0.05, 0) is 85.9 Å². The maximum absolute atomic E-state index is 4.75. The fourth-order valence-electron chi connectivity index (χ4n) is 4.78. The van der Waals surface area contributed by atoms with E-state index in [1.165, 1.54) is 44.8 Å². The standard InChI is InChI=1S/C32H37N3/c1-6-33-31-23-22-30(28-12-10-11-13-29(28)31)32(24-14-18-26(19-15-24)34(5)7-2)25-16-20-27(21-17-25)35(8-3)9-4/h10-23H,6-9H2,1-5H3. The van der Waals surface area contributed by atoms with Crippen LogP contribution in [-0.4, -0.2) is 38.9 Å². The van der Waals surface area contributed by atoms with Crippen molar-refractivity contribution < 1.29 is 0 Å². The predicted molar refractivity (Wildman–Crippen MR) is 154 cm³/mol. The summed E-state index contributed by atoms with van der Waals surface area (Å²) in [6.45, 7) is 12.5. The molecule has 0 aromatic heterocycles. The van der Waals surface area contributed by atoms with E-state index in [9.17, 15) is 0 Å². The largest absolute Gasteiger partial charge is 0.375 e. The minimum absolute atomic E-state index is 0.777.